The molecule has 0 aliphatic carbocycles. The Balaban J connectivity index is 0.000000789. The molecule has 2 heterocycles. The Kier molecular flexibility index (Phi) is 11.4. The normalized spacial score (nSPS) is 11.2. The number of rotatable bonds is 3. The zero-order valence-corrected chi connectivity index (χ0v) is 21.7. The fourth-order valence-electron chi connectivity index (χ4n) is 3.91. The molecular weight excluding hydrogens is 393 g/mol. The third kappa shape index (κ3) is 5.27. The van der Waals surface area contributed by atoms with Crippen LogP contribution in [0, 0.1) is 6.92 Å². The molecule has 32 heavy (non-hydrogen) atoms. The summed E-state index contributed by atoms with van der Waals surface area (Å²) in [6.07, 6.45) is 2.10. The van der Waals surface area contributed by atoms with Gasteiger partial charge in [0, 0.05) is 5.56 Å². The Morgan fingerprint density at radius 1 is 0.781 bits per heavy atom. The Morgan fingerprint density at radius 2 is 1.38 bits per heavy atom. The molecule has 4 nitrogen and oxygen atoms in total. The van der Waals surface area contributed by atoms with E-state index < -0.39 is 0 Å². The highest BCUT2D eigenvalue weighted by molar-refractivity contribution is 6.82. The number of pyridine rings is 1. The number of anilines is 3. The van der Waals surface area contributed by atoms with Gasteiger partial charge in [-0.3, -0.25) is 4.81 Å². The zero-order chi connectivity index (χ0) is 24.3. The molecule has 0 saturated carbocycles. The molecule has 172 valence electrons. The van der Waals surface area contributed by atoms with Gasteiger partial charge in [0.2, 0.25) is 0 Å². The van der Waals surface area contributed by atoms with Gasteiger partial charge in [-0.2, -0.15) is 0 Å². The van der Waals surface area contributed by atoms with Crippen LogP contribution in [0.15, 0.2) is 66.9 Å². The van der Waals surface area contributed by atoms with Crippen LogP contribution in [0.3, 0.4) is 0 Å². The van der Waals surface area contributed by atoms with E-state index in [0.29, 0.717) is 0 Å². The Labute approximate surface area is 196 Å². The van der Waals surface area contributed by atoms with Crippen LogP contribution >= 0.6 is 0 Å². The minimum atomic E-state index is 0.0885. The molecule has 0 atom stereocenters. The molecule has 5 heteroatoms. The van der Waals surface area contributed by atoms with Crippen molar-refractivity contribution in [1.82, 2.24) is 0 Å². The molecule has 0 saturated heterocycles. The number of aromatic nitrogens is 1. The van der Waals surface area contributed by atoms with Gasteiger partial charge in [0.15, 0.2) is 0 Å². The quantitative estimate of drug-likeness (QED) is 0.379. The van der Waals surface area contributed by atoms with E-state index >= 15 is 0 Å². The number of fused-ring (bicyclic) bond motifs is 1. The van der Waals surface area contributed by atoms with Crippen molar-refractivity contribution in [3.05, 3.63) is 72.4 Å². The van der Waals surface area contributed by atoms with Crippen molar-refractivity contribution < 1.29 is 9.30 Å². The number of hydrogen-bond donors (Lipinski definition) is 0. The summed E-state index contributed by atoms with van der Waals surface area (Å²) >= 11 is 0. The fourth-order valence-corrected chi connectivity index (χ4v) is 3.91. The van der Waals surface area contributed by atoms with Crippen LogP contribution in [0.4, 0.5) is 17.2 Å². The van der Waals surface area contributed by atoms with Crippen LogP contribution in [0.25, 0.3) is 0 Å². The summed E-state index contributed by atoms with van der Waals surface area (Å²) in [4.78, 5) is 4.74. The fraction of sp³-hybridized carbons (Fsp3) is 0.370. The third-order valence-corrected chi connectivity index (χ3v) is 5.18. The van der Waals surface area contributed by atoms with Crippen molar-refractivity contribution in [3.8, 4) is 5.75 Å². The largest absolute Gasteiger partial charge is 0.537 e. The van der Waals surface area contributed by atoms with Gasteiger partial charge in [-0.05, 0) is 43.7 Å². The summed E-state index contributed by atoms with van der Waals surface area (Å²) in [5.74, 6) is 2.09. The maximum absolute atomic E-state index is 5.58. The standard InChI is InChI=1S/C21H23BN3O.3C2H6/c1-16-18(12-8-14-20(16)26-4)25-21-19(13-9-15-23(21)2)24(3)22(25)17-10-6-5-7-11-17;3*1-2/h5-15H,1-4H3;3*1-2H3/q+1;;;. The molecule has 0 spiro atoms. The minimum absolute atomic E-state index is 0.0885. The summed E-state index contributed by atoms with van der Waals surface area (Å²) in [5, 5.41) is 0. The van der Waals surface area contributed by atoms with Crippen molar-refractivity contribution in [2.75, 3.05) is 23.8 Å². The van der Waals surface area contributed by atoms with Crippen molar-refractivity contribution in [3.63, 3.8) is 0 Å². The molecule has 0 radical (unpaired) electrons. The van der Waals surface area contributed by atoms with Gasteiger partial charge in [0.1, 0.15) is 17.1 Å². The number of ether oxygens (including phenoxy) is 1. The molecule has 0 N–H and O–H groups in total. The number of methoxy groups -OCH3 is 1. The van der Waals surface area contributed by atoms with Crippen LogP contribution in [-0.4, -0.2) is 21.1 Å². The number of benzene rings is 2. The summed E-state index contributed by atoms with van der Waals surface area (Å²) in [6, 6.07) is 21.2. The number of nitrogens with zero attached hydrogens (tertiary/aromatic N) is 3. The smallest absolute Gasteiger partial charge is 0.496 e. The second-order valence-electron chi connectivity index (χ2n) is 6.70. The first-order valence-electron chi connectivity index (χ1n) is 11.8. The van der Waals surface area contributed by atoms with E-state index in [2.05, 4.69) is 96.0 Å². The molecule has 1 aliphatic heterocycles. The minimum Gasteiger partial charge on any atom is -0.496 e. The Hall–Kier alpha value is -2.95. The lowest BCUT2D eigenvalue weighted by Gasteiger charge is -2.23. The van der Waals surface area contributed by atoms with Gasteiger partial charge in [-0.15, -0.1) is 0 Å². The van der Waals surface area contributed by atoms with Crippen molar-refractivity contribution >= 4 is 29.6 Å². The summed E-state index contributed by atoms with van der Waals surface area (Å²) < 4.78 is 7.77. The number of hydrogen-bond acceptors (Lipinski definition) is 3. The molecule has 0 fully saturated rings. The highest BCUT2D eigenvalue weighted by Crippen LogP contribution is 2.41. The number of aryl methyl sites for hydroxylation is 1. The first-order valence-corrected chi connectivity index (χ1v) is 11.8. The second kappa shape index (κ2) is 13.5. The molecule has 0 amide bonds. The topological polar surface area (TPSA) is 19.6 Å². The molecule has 1 aliphatic rings. The molecular formula is C27H41BN3O+. The highest BCUT2D eigenvalue weighted by atomic mass is 16.5. The predicted molar refractivity (Wildman–Crippen MR) is 142 cm³/mol. The monoisotopic (exact) mass is 434 g/mol. The van der Waals surface area contributed by atoms with Crippen LogP contribution in [0.5, 0.6) is 5.75 Å². The molecule has 3 aromatic rings. The summed E-state index contributed by atoms with van der Waals surface area (Å²) in [7, 11) is 5.99. The lowest BCUT2D eigenvalue weighted by Crippen LogP contribution is -2.54. The van der Waals surface area contributed by atoms with Gasteiger partial charge in [-0.1, -0.05) is 77.9 Å². The van der Waals surface area contributed by atoms with E-state index in [1.807, 2.05) is 47.6 Å². The van der Waals surface area contributed by atoms with E-state index in [0.717, 1.165) is 17.0 Å². The van der Waals surface area contributed by atoms with Crippen molar-refractivity contribution in [1.29, 1.82) is 0 Å². The average Bonchev–Trinajstić information content (AvgIpc) is 3.17. The molecule has 2 aromatic carbocycles. The molecule has 1 aromatic heterocycles. The van der Waals surface area contributed by atoms with Gasteiger partial charge in [0.05, 0.1) is 20.4 Å². The Morgan fingerprint density at radius 3 is 1.97 bits per heavy atom. The molecule has 4 rings (SSSR count). The zero-order valence-electron chi connectivity index (χ0n) is 21.7. The predicted octanol–water partition coefficient (Wildman–Crippen LogP) is 5.89. The summed E-state index contributed by atoms with van der Waals surface area (Å²) in [6.45, 7) is 14.2. The van der Waals surface area contributed by atoms with E-state index in [1.54, 1.807) is 7.11 Å². The molecule has 0 unspecified atom stereocenters. The summed E-state index contributed by atoms with van der Waals surface area (Å²) in [5.41, 5.74) is 4.77. The lowest BCUT2D eigenvalue weighted by molar-refractivity contribution is -0.657. The first kappa shape index (κ1) is 27.1. The first-order chi connectivity index (χ1) is 15.6. The van der Waals surface area contributed by atoms with Crippen LogP contribution < -0.4 is 24.4 Å². The van der Waals surface area contributed by atoms with Crippen LogP contribution in [0.2, 0.25) is 0 Å². The van der Waals surface area contributed by atoms with Crippen LogP contribution in [-0.2, 0) is 7.05 Å². The van der Waals surface area contributed by atoms with Gasteiger partial charge in [-0.25, -0.2) is 4.57 Å². The lowest BCUT2D eigenvalue weighted by atomic mass is 9.65. The third-order valence-electron chi connectivity index (χ3n) is 5.18. The maximum atomic E-state index is 5.58. The van der Waals surface area contributed by atoms with E-state index in [4.69, 9.17) is 4.74 Å². The van der Waals surface area contributed by atoms with Gasteiger partial charge in [0.25, 0.3) is 5.82 Å². The van der Waals surface area contributed by atoms with E-state index in [1.165, 1.54) is 17.0 Å². The highest BCUT2D eigenvalue weighted by Gasteiger charge is 2.50. The van der Waals surface area contributed by atoms with E-state index in [-0.39, 0.29) is 6.98 Å². The van der Waals surface area contributed by atoms with Gasteiger partial charge >= 0.3 is 6.98 Å². The Bertz CT molecular complexity index is 947. The van der Waals surface area contributed by atoms with Crippen LogP contribution in [0.1, 0.15) is 47.1 Å². The van der Waals surface area contributed by atoms with Crippen molar-refractivity contribution in [2.24, 2.45) is 7.05 Å². The van der Waals surface area contributed by atoms with Crippen molar-refractivity contribution in [2.45, 2.75) is 48.5 Å². The van der Waals surface area contributed by atoms with Gasteiger partial charge < -0.3 is 9.55 Å². The average molecular weight is 434 g/mol. The second-order valence-corrected chi connectivity index (χ2v) is 6.70. The van der Waals surface area contributed by atoms with E-state index in [9.17, 15) is 0 Å². The SMILES string of the molecule is CC.CC.CC.COc1cccc(N2B(c3ccccc3)N(C)c3ccc[n+](C)c32)c1C. The molecule has 0 bridgehead atoms. The maximum Gasteiger partial charge on any atom is 0.537 e.